The van der Waals surface area contributed by atoms with Crippen LogP contribution in [0.25, 0.3) is 6.08 Å². The second-order valence-electron chi connectivity index (χ2n) is 8.35. The predicted octanol–water partition coefficient (Wildman–Crippen LogP) is 4.20. The molecule has 0 unspecified atom stereocenters. The highest BCUT2D eigenvalue weighted by Gasteiger charge is 2.20. The molecule has 0 spiro atoms. The van der Waals surface area contributed by atoms with E-state index in [9.17, 15) is 18.3 Å². The zero-order valence-corrected chi connectivity index (χ0v) is 20.2. The van der Waals surface area contributed by atoms with Gasteiger partial charge in [-0.2, -0.15) is 8.42 Å². The molecule has 0 radical (unpaired) electrons. The van der Waals surface area contributed by atoms with Crippen molar-refractivity contribution in [1.29, 1.82) is 0 Å². The van der Waals surface area contributed by atoms with Crippen LogP contribution in [0.15, 0.2) is 77.7 Å². The van der Waals surface area contributed by atoms with Crippen LogP contribution in [-0.4, -0.2) is 50.5 Å². The number of morpholine rings is 1. The summed E-state index contributed by atoms with van der Waals surface area (Å²) in [5, 5.41) is 9.41. The Kier molecular flexibility index (Phi) is 7.65. The first-order chi connectivity index (χ1) is 16.8. The fraction of sp³-hybridized carbons (Fsp3) is 0.222. The van der Waals surface area contributed by atoms with Crippen LogP contribution in [0.2, 0.25) is 0 Å². The van der Waals surface area contributed by atoms with Gasteiger partial charge in [0.1, 0.15) is 16.4 Å². The first kappa shape index (κ1) is 24.7. The SMILES string of the molecule is Cc1ccc(S(=O)(=O)Oc2cc(/C=C/C(=O)c3ccc(O)cc3)ccc2CN2CCOCC2)cc1. The van der Waals surface area contributed by atoms with E-state index >= 15 is 0 Å². The van der Waals surface area contributed by atoms with Crippen molar-refractivity contribution < 1.29 is 27.2 Å². The number of carbonyl (C=O) groups is 1. The topological polar surface area (TPSA) is 93.1 Å². The molecule has 1 aliphatic heterocycles. The van der Waals surface area contributed by atoms with Crippen LogP contribution in [0.5, 0.6) is 11.5 Å². The van der Waals surface area contributed by atoms with Gasteiger partial charge >= 0.3 is 10.1 Å². The van der Waals surface area contributed by atoms with Crippen LogP contribution in [0.4, 0.5) is 0 Å². The molecule has 0 aromatic heterocycles. The fourth-order valence-corrected chi connectivity index (χ4v) is 4.61. The van der Waals surface area contributed by atoms with Crippen molar-refractivity contribution >= 4 is 22.0 Å². The van der Waals surface area contributed by atoms with Gasteiger partial charge in [-0.05, 0) is 61.0 Å². The molecule has 7 nitrogen and oxygen atoms in total. The summed E-state index contributed by atoms with van der Waals surface area (Å²) in [6.07, 6.45) is 3.01. The van der Waals surface area contributed by atoms with E-state index in [0.29, 0.717) is 30.9 Å². The third-order valence-electron chi connectivity index (χ3n) is 5.68. The largest absolute Gasteiger partial charge is 0.508 e. The minimum absolute atomic E-state index is 0.0730. The van der Waals surface area contributed by atoms with Gasteiger partial charge in [0.2, 0.25) is 0 Å². The first-order valence-corrected chi connectivity index (χ1v) is 12.7. The van der Waals surface area contributed by atoms with Crippen molar-refractivity contribution in [2.75, 3.05) is 26.3 Å². The van der Waals surface area contributed by atoms with E-state index in [1.807, 2.05) is 19.1 Å². The molecule has 1 saturated heterocycles. The average molecular weight is 494 g/mol. The van der Waals surface area contributed by atoms with Gasteiger partial charge in [-0.15, -0.1) is 0 Å². The number of phenolic OH excluding ortho intramolecular Hbond substituents is 1. The van der Waals surface area contributed by atoms with Gasteiger partial charge in [0.25, 0.3) is 0 Å². The Balaban J connectivity index is 1.61. The Morgan fingerprint density at radius 1 is 1.03 bits per heavy atom. The van der Waals surface area contributed by atoms with Gasteiger partial charge in [-0.3, -0.25) is 9.69 Å². The molecular weight excluding hydrogens is 466 g/mol. The van der Waals surface area contributed by atoms with Crippen LogP contribution in [0, 0.1) is 6.92 Å². The molecule has 1 N–H and O–H groups in total. The van der Waals surface area contributed by atoms with Gasteiger partial charge in [-0.1, -0.05) is 35.9 Å². The maximum absolute atomic E-state index is 13.0. The van der Waals surface area contributed by atoms with Gasteiger partial charge < -0.3 is 14.0 Å². The number of phenols is 1. The Labute approximate surface area is 205 Å². The molecule has 4 rings (SSSR count). The van der Waals surface area contributed by atoms with Crippen LogP contribution in [-0.2, 0) is 21.4 Å². The third-order valence-corrected chi connectivity index (χ3v) is 6.93. The molecule has 182 valence electrons. The minimum atomic E-state index is -4.05. The average Bonchev–Trinajstić information content (AvgIpc) is 2.85. The van der Waals surface area contributed by atoms with E-state index < -0.39 is 10.1 Å². The summed E-state index contributed by atoms with van der Waals surface area (Å²) >= 11 is 0. The van der Waals surface area contributed by atoms with Crippen molar-refractivity contribution in [3.63, 3.8) is 0 Å². The molecule has 3 aromatic carbocycles. The van der Waals surface area contributed by atoms with Crippen LogP contribution < -0.4 is 4.18 Å². The van der Waals surface area contributed by atoms with Crippen molar-refractivity contribution in [2.24, 2.45) is 0 Å². The number of allylic oxidation sites excluding steroid dienone is 1. The molecule has 1 aliphatic rings. The summed E-state index contributed by atoms with van der Waals surface area (Å²) in [6, 6.07) is 17.7. The van der Waals surface area contributed by atoms with Crippen LogP contribution in [0.1, 0.15) is 27.0 Å². The second kappa shape index (κ2) is 10.9. The molecule has 8 heteroatoms. The molecule has 35 heavy (non-hydrogen) atoms. The minimum Gasteiger partial charge on any atom is -0.508 e. The Morgan fingerprint density at radius 2 is 1.71 bits per heavy atom. The highest BCUT2D eigenvalue weighted by atomic mass is 32.2. The summed E-state index contributed by atoms with van der Waals surface area (Å²) in [7, 11) is -4.05. The number of aromatic hydroxyl groups is 1. The lowest BCUT2D eigenvalue weighted by Gasteiger charge is -2.27. The van der Waals surface area contributed by atoms with E-state index in [2.05, 4.69) is 4.90 Å². The molecule has 0 aliphatic carbocycles. The van der Waals surface area contributed by atoms with E-state index in [1.54, 1.807) is 24.3 Å². The summed E-state index contributed by atoms with van der Waals surface area (Å²) < 4.78 is 37.0. The third kappa shape index (κ3) is 6.57. The van der Waals surface area contributed by atoms with Crippen molar-refractivity contribution in [3.05, 3.63) is 95.1 Å². The number of ketones is 1. The second-order valence-corrected chi connectivity index (χ2v) is 9.90. The van der Waals surface area contributed by atoms with Crippen LogP contribution >= 0.6 is 0 Å². The Morgan fingerprint density at radius 3 is 2.40 bits per heavy atom. The molecule has 0 atom stereocenters. The molecule has 0 amide bonds. The van der Waals surface area contributed by atoms with Crippen LogP contribution in [0.3, 0.4) is 0 Å². The van der Waals surface area contributed by atoms with Crippen molar-refractivity contribution in [2.45, 2.75) is 18.4 Å². The van der Waals surface area contributed by atoms with E-state index in [0.717, 1.165) is 24.2 Å². The number of benzene rings is 3. The first-order valence-electron chi connectivity index (χ1n) is 11.3. The summed E-state index contributed by atoms with van der Waals surface area (Å²) in [4.78, 5) is 14.7. The number of carbonyl (C=O) groups excluding carboxylic acids is 1. The molecule has 0 saturated carbocycles. The summed E-state index contributed by atoms with van der Waals surface area (Å²) in [6.45, 7) is 5.13. The Bertz CT molecular complexity index is 1310. The van der Waals surface area contributed by atoms with Gasteiger partial charge in [-0.25, -0.2) is 0 Å². The molecule has 1 heterocycles. The summed E-state index contributed by atoms with van der Waals surface area (Å²) in [5.74, 6) is 0.0615. The lowest BCUT2D eigenvalue weighted by Crippen LogP contribution is -2.35. The number of aryl methyl sites for hydroxylation is 1. The summed E-state index contributed by atoms with van der Waals surface area (Å²) in [5.41, 5.74) is 2.73. The standard InChI is InChI=1S/C27H27NO6S/c1-20-2-11-25(12-3-20)35(31,32)34-27-18-21(4-6-23(27)19-28-14-16-33-17-15-28)5-13-26(30)22-7-9-24(29)10-8-22/h2-13,18,29H,14-17,19H2,1H3/b13-5+. The molecule has 0 bridgehead atoms. The maximum atomic E-state index is 13.0. The van der Waals surface area contributed by atoms with Crippen molar-refractivity contribution in [3.8, 4) is 11.5 Å². The highest BCUT2D eigenvalue weighted by Crippen LogP contribution is 2.27. The normalized spacial score (nSPS) is 14.8. The molecule has 3 aromatic rings. The van der Waals surface area contributed by atoms with Gasteiger partial charge in [0.05, 0.1) is 13.2 Å². The smallest absolute Gasteiger partial charge is 0.339 e. The highest BCUT2D eigenvalue weighted by molar-refractivity contribution is 7.87. The molecule has 1 fully saturated rings. The number of rotatable bonds is 8. The zero-order valence-electron chi connectivity index (χ0n) is 19.4. The van der Waals surface area contributed by atoms with E-state index in [1.165, 1.54) is 42.5 Å². The fourth-order valence-electron chi connectivity index (χ4n) is 3.65. The van der Waals surface area contributed by atoms with Gasteiger partial charge in [0, 0.05) is 30.8 Å². The van der Waals surface area contributed by atoms with E-state index in [-0.39, 0.29) is 22.2 Å². The lowest BCUT2D eigenvalue weighted by atomic mass is 10.1. The number of nitrogens with zero attached hydrogens (tertiary/aromatic N) is 1. The lowest BCUT2D eigenvalue weighted by molar-refractivity contribution is 0.0340. The maximum Gasteiger partial charge on any atom is 0.339 e. The Hall–Kier alpha value is -3.46. The quantitative estimate of drug-likeness (QED) is 0.286. The van der Waals surface area contributed by atoms with Gasteiger partial charge in [0.15, 0.2) is 5.78 Å². The monoisotopic (exact) mass is 493 g/mol. The predicted molar refractivity (Wildman–Crippen MR) is 133 cm³/mol. The molecular formula is C27H27NO6S. The number of hydrogen-bond acceptors (Lipinski definition) is 7. The number of hydrogen-bond donors (Lipinski definition) is 1. The number of ether oxygens (including phenoxy) is 1. The zero-order chi connectivity index (χ0) is 24.8. The van der Waals surface area contributed by atoms with E-state index in [4.69, 9.17) is 8.92 Å². The van der Waals surface area contributed by atoms with Crippen molar-refractivity contribution in [1.82, 2.24) is 4.90 Å².